The summed E-state index contributed by atoms with van der Waals surface area (Å²) in [5.74, 6) is -0.211. The highest BCUT2D eigenvalue weighted by Crippen LogP contribution is 2.23. The molecule has 0 aromatic carbocycles. The highest BCUT2D eigenvalue weighted by Gasteiger charge is 2.10. The molecule has 6 aromatic rings. The van der Waals surface area contributed by atoms with E-state index in [4.69, 9.17) is 19.0 Å². The maximum absolute atomic E-state index is 9.64. The predicted molar refractivity (Wildman–Crippen MR) is 146 cm³/mol. The third kappa shape index (κ3) is 8.67. The van der Waals surface area contributed by atoms with E-state index in [1.807, 2.05) is 48.5 Å². The number of rotatable bonds is 7. The van der Waals surface area contributed by atoms with Gasteiger partial charge in [-0.15, -0.1) is 20.4 Å². The smallest absolute Gasteiger partial charge is 0.303 e. The van der Waals surface area contributed by atoms with Gasteiger partial charge < -0.3 is 19.0 Å². The molecule has 0 aliphatic rings. The van der Waals surface area contributed by atoms with Crippen molar-refractivity contribution in [1.82, 2.24) is 40.3 Å². The molecule has 0 aliphatic carbocycles. The van der Waals surface area contributed by atoms with Crippen molar-refractivity contribution < 1.29 is 28.6 Å². The molecular formula is C28H22N8O6. The number of hydrogen-bond acceptors (Lipinski definition) is 12. The van der Waals surface area contributed by atoms with Crippen LogP contribution in [0.1, 0.15) is 12.8 Å². The van der Waals surface area contributed by atoms with Crippen molar-refractivity contribution in [2.45, 2.75) is 12.8 Å². The van der Waals surface area contributed by atoms with Gasteiger partial charge in [0.2, 0.25) is 23.6 Å². The zero-order valence-corrected chi connectivity index (χ0v) is 21.8. The number of nitrogens with zero attached hydrogens (tertiary/aromatic N) is 8. The lowest BCUT2D eigenvalue weighted by Crippen LogP contribution is -2.00. The van der Waals surface area contributed by atoms with E-state index >= 15 is 0 Å². The zero-order chi connectivity index (χ0) is 29.6. The Morgan fingerprint density at radius 1 is 0.452 bits per heavy atom. The minimum absolute atomic E-state index is 0.296. The Morgan fingerprint density at radius 2 is 0.667 bits per heavy atom. The summed E-state index contributed by atoms with van der Waals surface area (Å²) < 4.78 is 11.2. The van der Waals surface area contributed by atoms with Crippen LogP contribution in [0.3, 0.4) is 0 Å². The van der Waals surface area contributed by atoms with E-state index in [1.54, 1.807) is 49.6 Å². The third-order valence-electron chi connectivity index (χ3n) is 5.11. The standard InChI is InChI=1S/2C12H8N4O.C4H6O4/c2*1-5-13-6-2-9(1)11-15-16-12(17-11)10-3-7-14-8-4-10;5-3(6)1-2-4(7)8/h2*1-8H;1-2H2,(H,5,6)(H,7,8). The van der Waals surface area contributed by atoms with Crippen LogP contribution >= 0.6 is 0 Å². The van der Waals surface area contributed by atoms with Crippen LogP contribution in [0.2, 0.25) is 0 Å². The molecule has 0 unspecified atom stereocenters. The molecule has 6 aromatic heterocycles. The number of carboxylic acid groups (broad SMARTS) is 2. The van der Waals surface area contributed by atoms with Crippen LogP contribution < -0.4 is 0 Å². The molecule has 0 spiro atoms. The van der Waals surface area contributed by atoms with Crippen LogP contribution in [0.5, 0.6) is 0 Å². The zero-order valence-electron chi connectivity index (χ0n) is 21.8. The summed E-state index contributed by atoms with van der Waals surface area (Å²) in [7, 11) is 0. The molecule has 2 N–H and O–H groups in total. The average molecular weight is 567 g/mol. The molecule has 0 fully saturated rings. The summed E-state index contributed by atoms with van der Waals surface area (Å²) in [5, 5.41) is 31.8. The molecule has 0 atom stereocenters. The van der Waals surface area contributed by atoms with Crippen molar-refractivity contribution in [3.05, 3.63) is 98.1 Å². The lowest BCUT2D eigenvalue weighted by Gasteiger charge is -1.93. The van der Waals surface area contributed by atoms with Crippen molar-refractivity contribution in [2.75, 3.05) is 0 Å². The first-order chi connectivity index (χ1) is 20.5. The Labute approximate surface area is 237 Å². The molecule has 14 heteroatoms. The number of hydrogen-bond donors (Lipinski definition) is 2. The Hall–Kier alpha value is -6.18. The quantitative estimate of drug-likeness (QED) is 0.276. The first-order valence-electron chi connectivity index (χ1n) is 12.2. The van der Waals surface area contributed by atoms with Crippen molar-refractivity contribution >= 4 is 11.9 Å². The normalized spacial score (nSPS) is 10.0. The minimum Gasteiger partial charge on any atom is -0.481 e. The molecule has 6 rings (SSSR count). The van der Waals surface area contributed by atoms with E-state index in [0.29, 0.717) is 23.6 Å². The molecule has 0 bridgehead atoms. The summed E-state index contributed by atoms with van der Waals surface area (Å²) in [6.45, 7) is 0. The third-order valence-corrected chi connectivity index (χ3v) is 5.11. The minimum atomic E-state index is -1.08. The molecular weight excluding hydrogens is 544 g/mol. The van der Waals surface area contributed by atoms with E-state index in [1.165, 1.54) is 0 Å². The first-order valence-corrected chi connectivity index (χ1v) is 12.2. The summed E-state index contributed by atoms with van der Waals surface area (Å²) >= 11 is 0. The molecule has 0 saturated heterocycles. The molecule has 6 heterocycles. The molecule has 14 nitrogen and oxygen atoms in total. The number of pyridine rings is 4. The largest absolute Gasteiger partial charge is 0.481 e. The van der Waals surface area contributed by atoms with E-state index in [2.05, 4.69) is 40.3 Å². The topological polar surface area (TPSA) is 204 Å². The van der Waals surface area contributed by atoms with Crippen LogP contribution in [0, 0.1) is 0 Å². The fourth-order valence-corrected chi connectivity index (χ4v) is 3.10. The van der Waals surface area contributed by atoms with E-state index in [0.717, 1.165) is 22.3 Å². The number of carboxylic acids is 2. The highest BCUT2D eigenvalue weighted by molar-refractivity contribution is 5.75. The number of aromatic nitrogens is 8. The fourth-order valence-electron chi connectivity index (χ4n) is 3.10. The maximum Gasteiger partial charge on any atom is 0.303 e. The Bertz CT molecular complexity index is 1450. The van der Waals surface area contributed by atoms with Gasteiger partial charge in [-0.25, -0.2) is 0 Å². The summed E-state index contributed by atoms with van der Waals surface area (Å²) in [4.78, 5) is 35.0. The Balaban J connectivity index is 0.000000155. The number of aliphatic carboxylic acids is 2. The Morgan fingerprint density at radius 3 is 0.857 bits per heavy atom. The van der Waals surface area contributed by atoms with Gasteiger partial charge in [0.05, 0.1) is 12.8 Å². The van der Waals surface area contributed by atoms with Gasteiger partial charge in [-0.05, 0) is 48.5 Å². The summed E-state index contributed by atoms with van der Waals surface area (Å²) in [6, 6.07) is 14.6. The van der Waals surface area contributed by atoms with Crippen molar-refractivity contribution in [3.63, 3.8) is 0 Å². The van der Waals surface area contributed by atoms with Crippen molar-refractivity contribution in [2.24, 2.45) is 0 Å². The average Bonchev–Trinajstić information content (AvgIpc) is 3.74. The number of carbonyl (C=O) groups is 2. The van der Waals surface area contributed by atoms with Crippen LogP contribution in [0.25, 0.3) is 45.8 Å². The van der Waals surface area contributed by atoms with Crippen molar-refractivity contribution in [1.29, 1.82) is 0 Å². The Kier molecular flexibility index (Phi) is 10.2. The van der Waals surface area contributed by atoms with Gasteiger partial charge in [-0.1, -0.05) is 0 Å². The van der Waals surface area contributed by atoms with Crippen LogP contribution in [-0.2, 0) is 9.59 Å². The van der Waals surface area contributed by atoms with Gasteiger partial charge in [0.25, 0.3) is 0 Å². The van der Waals surface area contributed by atoms with E-state index in [-0.39, 0.29) is 12.8 Å². The van der Waals surface area contributed by atoms with Gasteiger partial charge in [0.15, 0.2) is 0 Å². The molecule has 42 heavy (non-hydrogen) atoms. The second-order valence-corrected chi connectivity index (χ2v) is 8.06. The molecule has 0 aliphatic heterocycles. The predicted octanol–water partition coefficient (Wildman–Crippen LogP) is 4.32. The van der Waals surface area contributed by atoms with Gasteiger partial charge in [0, 0.05) is 71.8 Å². The van der Waals surface area contributed by atoms with Crippen LogP contribution in [0.4, 0.5) is 0 Å². The SMILES string of the molecule is O=C(O)CCC(=O)O.c1cc(-c2nnc(-c3ccncc3)o2)ccn1.c1cc(-c2nnc(-c3ccncc3)o2)ccn1. The molecule has 0 amide bonds. The summed E-state index contributed by atoms with van der Waals surface area (Å²) in [6.07, 6.45) is 12.9. The first kappa shape index (κ1) is 28.8. The van der Waals surface area contributed by atoms with Gasteiger partial charge in [-0.2, -0.15) is 0 Å². The molecule has 0 radical (unpaired) electrons. The second kappa shape index (κ2) is 14.8. The van der Waals surface area contributed by atoms with Gasteiger partial charge in [-0.3, -0.25) is 29.5 Å². The monoisotopic (exact) mass is 566 g/mol. The lowest BCUT2D eigenvalue weighted by molar-refractivity contribution is -0.143. The van der Waals surface area contributed by atoms with E-state index < -0.39 is 11.9 Å². The van der Waals surface area contributed by atoms with Crippen molar-refractivity contribution in [3.8, 4) is 45.8 Å². The van der Waals surface area contributed by atoms with Crippen LogP contribution in [-0.4, -0.2) is 62.5 Å². The maximum atomic E-state index is 9.64. The summed E-state index contributed by atoms with van der Waals surface area (Å²) in [5.41, 5.74) is 3.42. The van der Waals surface area contributed by atoms with Gasteiger partial charge >= 0.3 is 11.9 Å². The molecule has 0 saturated carbocycles. The lowest BCUT2D eigenvalue weighted by atomic mass is 10.3. The van der Waals surface area contributed by atoms with E-state index in [9.17, 15) is 9.59 Å². The molecule has 210 valence electrons. The second-order valence-electron chi connectivity index (χ2n) is 8.06. The highest BCUT2D eigenvalue weighted by atomic mass is 16.4. The van der Waals surface area contributed by atoms with Gasteiger partial charge in [0.1, 0.15) is 0 Å². The van der Waals surface area contributed by atoms with Crippen LogP contribution in [0.15, 0.2) is 107 Å². The fraction of sp³-hybridized carbons (Fsp3) is 0.0714.